The predicted octanol–water partition coefficient (Wildman–Crippen LogP) is 2.75. The summed E-state index contributed by atoms with van der Waals surface area (Å²) in [6.07, 6.45) is 4.28. The predicted molar refractivity (Wildman–Crippen MR) is 65.6 cm³/mol. The third kappa shape index (κ3) is 3.36. The summed E-state index contributed by atoms with van der Waals surface area (Å²) < 4.78 is 6.40. The average molecular weight is 268 g/mol. The summed E-state index contributed by atoms with van der Waals surface area (Å²) in [5.74, 6) is 0. The summed E-state index contributed by atoms with van der Waals surface area (Å²) in [5, 5.41) is 0. The van der Waals surface area contributed by atoms with Crippen LogP contribution in [0.5, 0.6) is 0 Å². The van der Waals surface area contributed by atoms with Crippen molar-refractivity contribution in [3.8, 4) is 0 Å². The second-order valence-corrected chi connectivity index (χ2v) is 4.43. The number of rotatable bonds is 2. The van der Waals surface area contributed by atoms with E-state index in [1.54, 1.807) is 0 Å². The van der Waals surface area contributed by atoms with Crippen LogP contribution in [0.3, 0.4) is 0 Å². The number of morpholine rings is 1. The van der Waals surface area contributed by atoms with Crippen LogP contribution in [-0.4, -0.2) is 31.2 Å². The van der Waals surface area contributed by atoms with E-state index in [0.29, 0.717) is 0 Å². The first-order valence-corrected chi connectivity index (χ1v) is 5.89. The number of hydrogen-bond donors (Lipinski definition) is 0. The first kappa shape index (κ1) is 10.7. The van der Waals surface area contributed by atoms with E-state index in [2.05, 4.69) is 57.4 Å². The summed E-state index contributed by atoms with van der Waals surface area (Å²) in [5.41, 5.74) is 1.23. The van der Waals surface area contributed by atoms with Crippen molar-refractivity contribution in [2.24, 2.45) is 0 Å². The van der Waals surface area contributed by atoms with Gasteiger partial charge in [-0.05, 0) is 30.0 Å². The molecule has 0 spiro atoms. The summed E-state index contributed by atoms with van der Waals surface area (Å²) in [7, 11) is 0. The first-order valence-electron chi connectivity index (χ1n) is 5.10. The van der Waals surface area contributed by atoms with Gasteiger partial charge in [0.1, 0.15) is 0 Å². The van der Waals surface area contributed by atoms with Crippen molar-refractivity contribution in [2.75, 3.05) is 26.3 Å². The molecule has 0 aromatic heterocycles. The fraction of sp³-hybridized carbons (Fsp3) is 0.333. The quantitative estimate of drug-likeness (QED) is 0.817. The highest BCUT2D eigenvalue weighted by Crippen LogP contribution is 2.12. The molecule has 0 N–H and O–H groups in total. The molecule has 0 saturated carbocycles. The summed E-state index contributed by atoms with van der Waals surface area (Å²) in [6, 6.07) is 8.31. The molecule has 15 heavy (non-hydrogen) atoms. The van der Waals surface area contributed by atoms with Gasteiger partial charge in [0.2, 0.25) is 0 Å². The molecule has 1 aliphatic rings. The Bertz CT molecular complexity index is 328. The molecular formula is C12H14BrNO. The topological polar surface area (TPSA) is 12.5 Å². The van der Waals surface area contributed by atoms with E-state index in [0.717, 1.165) is 30.8 Å². The lowest BCUT2D eigenvalue weighted by atomic mass is 10.2. The van der Waals surface area contributed by atoms with Crippen LogP contribution in [0.1, 0.15) is 5.56 Å². The minimum Gasteiger partial charge on any atom is -0.378 e. The lowest BCUT2D eigenvalue weighted by Crippen LogP contribution is -2.31. The summed E-state index contributed by atoms with van der Waals surface area (Å²) in [4.78, 5) is 2.28. The molecule has 2 nitrogen and oxygen atoms in total. The van der Waals surface area contributed by atoms with Gasteiger partial charge in [0.15, 0.2) is 0 Å². The third-order valence-electron chi connectivity index (χ3n) is 2.39. The Morgan fingerprint density at radius 2 is 1.80 bits per heavy atom. The highest BCUT2D eigenvalue weighted by atomic mass is 79.9. The van der Waals surface area contributed by atoms with E-state index in [4.69, 9.17) is 4.74 Å². The highest BCUT2D eigenvalue weighted by Gasteiger charge is 2.04. The molecular weight excluding hydrogens is 254 g/mol. The van der Waals surface area contributed by atoms with Crippen molar-refractivity contribution < 1.29 is 4.74 Å². The van der Waals surface area contributed by atoms with E-state index >= 15 is 0 Å². The maximum Gasteiger partial charge on any atom is 0.0642 e. The summed E-state index contributed by atoms with van der Waals surface area (Å²) >= 11 is 3.42. The standard InChI is InChI=1S/C12H14BrNO/c13-12-3-1-11(2-4-12)5-6-14-7-9-15-10-8-14/h1-6H,7-10H2. The van der Waals surface area contributed by atoms with Gasteiger partial charge >= 0.3 is 0 Å². The molecule has 1 fully saturated rings. The minimum atomic E-state index is 0.838. The average Bonchev–Trinajstić information content (AvgIpc) is 2.30. The molecule has 1 aliphatic heterocycles. The number of hydrogen-bond acceptors (Lipinski definition) is 2. The van der Waals surface area contributed by atoms with Crippen LogP contribution in [-0.2, 0) is 4.74 Å². The van der Waals surface area contributed by atoms with E-state index in [-0.39, 0.29) is 0 Å². The second kappa shape index (κ2) is 5.33. The van der Waals surface area contributed by atoms with Gasteiger partial charge in [-0.15, -0.1) is 0 Å². The molecule has 0 radical (unpaired) electrons. The van der Waals surface area contributed by atoms with E-state index in [9.17, 15) is 0 Å². The number of halogens is 1. The van der Waals surface area contributed by atoms with Crippen LogP contribution in [0.25, 0.3) is 6.08 Å². The molecule has 1 saturated heterocycles. The molecule has 80 valence electrons. The van der Waals surface area contributed by atoms with Gasteiger partial charge in [0.05, 0.1) is 13.2 Å². The Hall–Kier alpha value is -0.800. The van der Waals surface area contributed by atoms with E-state index in [1.807, 2.05) is 0 Å². The maximum absolute atomic E-state index is 5.29. The Kier molecular flexibility index (Phi) is 3.80. The monoisotopic (exact) mass is 267 g/mol. The molecule has 1 heterocycles. The molecule has 1 aromatic rings. The van der Waals surface area contributed by atoms with E-state index in [1.165, 1.54) is 5.56 Å². The Balaban J connectivity index is 1.95. The Morgan fingerprint density at radius 1 is 1.13 bits per heavy atom. The zero-order chi connectivity index (χ0) is 10.5. The zero-order valence-electron chi connectivity index (χ0n) is 8.53. The van der Waals surface area contributed by atoms with Crippen molar-refractivity contribution in [3.05, 3.63) is 40.5 Å². The Labute approximate surface area is 98.7 Å². The van der Waals surface area contributed by atoms with Crippen molar-refractivity contribution in [3.63, 3.8) is 0 Å². The smallest absolute Gasteiger partial charge is 0.0642 e. The number of benzene rings is 1. The maximum atomic E-state index is 5.29. The number of nitrogens with zero attached hydrogens (tertiary/aromatic N) is 1. The fourth-order valence-electron chi connectivity index (χ4n) is 1.49. The largest absolute Gasteiger partial charge is 0.378 e. The van der Waals surface area contributed by atoms with Crippen LogP contribution in [0.2, 0.25) is 0 Å². The van der Waals surface area contributed by atoms with Gasteiger partial charge in [0, 0.05) is 17.6 Å². The van der Waals surface area contributed by atoms with Gasteiger partial charge < -0.3 is 9.64 Å². The van der Waals surface area contributed by atoms with Crippen LogP contribution in [0.15, 0.2) is 34.9 Å². The highest BCUT2D eigenvalue weighted by molar-refractivity contribution is 9.10. The lowest BCUT2D eigenvalue weighted by Gasteiger charge is -2.24. The molecule has 0 bridgehead atoms. The van der Waals surface area contributed by atoms with Crippen molar-refractivity contribution in [2.45, 2.75) is 0 Å². The van der Waals surface area contributed by atoms with Crippen molar-refractivity contribution >= 4 is 22.0 Å². The van der Waals surface area contributed by atoms with Crippen LogP contribution < -0.4 is 0 Å². The van der Waals surface area contributed by atoms with Gasteiger partial charge in [-0.1, -0.05) is 28.1 Å². The normalized spacial score (nSPS) is 17.3. The first-order chi connectivity index (χ1) is 7.34. The molecule has 0 atom stereocenters. The van der Waals surface area contributed by atoms with Gasteiger partial charge in [-0.2, -0.15) is 0 Å². The SMILES string of the molecule is Brc1ccc(C=CN2CCOCC2)cc1. The number of ether oxygens (including phenoxy) is 1. The molecule has 0 unspecified atom stereocenters. The molecule has 0 amide bonds. The Morgan fingerprint density at radius 3 is 2.47 bits per heavy atom. The minimum absolute atomic E-state index is 0.838. The van der Waals surface area contributed by atoms with E-state index < -0.39 is 0 Å². The molecule has 1 aromatic carbocycles. The van der Waals surface area contributed by atoms with Crippen LogP contribution in [0, 0.1) is 0 Å². The fourth-order valence-corrected chi connectivity index (χ4v) is 1.76. The van der Waals surface area contributed by atoms with Crippen molar-refractivity contribution in [1.82, 2.24) is 4.90 Å². The van der Waals surface area contributed by atoms with Gasteiger partial charge in [-0.3, -0.25) is 0 Å². The van der Waals surface area contributed by atoms with Crippen molar-refractivity contribution in [1.29, 1.82) is 0 Å². The second-order valence-electron chi connectivity index (χ2n) is 3.52. The van der Waals surface area contributed by atoms with Gasteiger partial charge in [-0.25, -0.2) is 0 Å². The molecule has 0 aliphatic carbocycles. The summed E-state index contributed by atoms with van der Waals surface area (Å²) in [6.45, 7) is 3.66. The van der Waals surface area contributed by atoms with Crippen LogP contribution >= 0.6 is 15.9 Å². The van der Waals surface area contributed by atoms with Crippen LogP contribution in [0.4, 0.5) is 0 Å². The zero-order valence-corrected chi connectivity index (χ0v) is 10.1. The molecule has 2 rings (SSSR count). The van der Waals surface area contributed by atoms with Gasteiger partial charge in [0.25, 0.3) is 0 Å². The lowest BCUT2D eigenvalue weighted by molar-refractivity contribution is 0.0597. The third-order valence-corrected chi connectivity index (χ3v) is 2.92. The molecule has 3 heteroatoms.